The number of nitrogens with zero attached hydrogens (tertiary/aromatic N) is 2. The van der Waals surface area contributed by atoms with Gasteiger partial charge >= 0.3 is 0 Å². The van der Waals surface area contributed by atoms with Gasteiger partial charge in [0.15, 0.2) is 0 Å². The third-order valence-corrected chi connectivity index (χ3v) is 7.99. The Morgan fingerprint density at radius 1 is 1.08 bits per heavy atom. The Labute approximate surface area is 224 Å². The minimum atomic E-state index is -1.28. The maximum atomic E-state index is 13.7. The number of carbonyl (C=O) groups is 2. The Bertz CT molecular complexity index is 1200. The maximum Gasteiger partial charge on any atom is 0.263 e. The van der Waals surface area contributed by atoms with Crippen LogP contribution in [-0.2, 0) is 24.2 Å². The first-order valence-electron chi connectivity index (χ1n) is 13.6. The van der Waals surface area contributed by atoms with Crippen molar-refractivity contribution in [1.82, 2.24) is 20.2 Å². The van der Waals surface area contributed by atoms with Crippen LogP contribution in [0.2, 0.25) is 0 Å². The van der Waals surface area contributed by atoms with E-state index < -0.39 is 17.4 Å². The number of nitrogens with one attached hydrogen (secondary N) is 2. The average Bonchev–Trinajstić information content (AvgIpc) is 2.87. The number of thiocarbonyl (C=S) groups is 1. The van der Waals surface area contributed by atoms with Crippen LogP contribution in [0.4, 0.5) is 0 Å². The van der Waals surface area contributed by atoms with Gasteiger partial charge in [-0.1, -0.05) is 44.3 Å². The first-order valence-corrected chi connectivity index (χ1v) is 14.0. The van der Waals surface area contributed by atoms with E-state index in [2.05, 4.69) is 15.6 Å². The molecule has 2 N–H and O–H groups in total. The molecule has 2 aromatic heterocycles. The predicted octanol–water partition coefficient (Wildman–Crippen LogP) is 4.48. The van der Waals surface area contributed by atoms with Gasteiger partial charge in [0.05, 0.1) is 0 Å². The van der Waals surface area contributed by atoms with Gasteiger partial charge in [0.25, 0.3) is 11.5 Å². The summed E-state index contributed by atoms with van der Waals surface area (Å²) in [5, 5.41) is 5.49. The normalized spacial score (nSPS) is 16.7. The van der Waals surface area contributed by atoms with E-state index in [9.17, 15) is 14.4 Å². The highest BCUT2D eigenvalue weighted by Crippen LogP contribution is 2.27. The van der Waals surface area contributed by atoms with Gasteiger partial charge in [-0.15, -0.1) is 0 Å². The summed E-state index contributed by atoms with van der Waals surface area (Å²) >= 11 is 5.34. The lowest BCUT2D eigenvalue weighted by atomic mass is 9.88. The van der Waals surface area contributed by atoms with Crippen LogP contribution in [-0.4, -0.2) is 31.9 Å². The van der Waals surface area contributed by atoms with E-state index >= 15 is 0 Å². The van der Waals surface area contributed by atoms with E-state index in [1.54, 1.807) is 44.4 Å². The number of aryl methyl sites for hydroxylation is 1. The summed E-state index contributed by atoms with van der Waals surface area (Å²) in [6.07, 6.45) is 15.3. The van der Waals surface area contributed by atoms with Crippen molar-refractivity contribution in [2.24, 2.45) is 5.92 Å². The molecule has 0 radical (unpaired) electrons. The first kappa shape index (κ1) is 27.2. The number of rotatable bonds is 6. The Kier molecular flexibility index (Phi) is 8.90. The zero-order chi connectivity index (χ0) is 26.4. The number of aromatic nitrogens is 2. The lowest BCUT2D eigenvalue weighted by Crippen LogP contribution is -2.56. The van der Waals surface area contributed by atoms with Gasteiger partial charge in [0.2, 0.25) is 5.91 Å². The molecule has 37 heavy (non-hydrogen) atoms. The SMILES string of the molecule is CC(C)(NC(=O)c1cc2c(n(CC3CCCCC3)c1=O)CCCCCC2)C(=O)NC(=S)c1cccnc1. The highest BCUT2D eigenvalue weighted by molar-refractivity contribution is 7.80. The summed E-state index contributed by atoms with van der Waals surface area (Å²) in [7, 11) is 0. The minimum absolute atomic E-state index is 0.117. The fourth-order valence-corrected chi connectivity index (χ4v) is 5.67. The van der Waals surface area contributed by atoms with Crippen LogP contribution in [0, 0.1) is 5.92 Å². The molecule has 1 fully saturated rings. The average molecular weight is 523 g/mol. The van der Waals surface area contributed by atoms with E-state index in [0.717, 1.165) is 56.2 Å². The fraction of sp³-hybridized carbons (Fsp3) is 0.552. The third kappa shape index (κ3) is 6.72. The lowest BCUT2D eigenvalue weighted by molar-refractivity contribution is -0.124. The van der Waals surface area contributed by atoms with E-state index in [-0.39, 0.29) is 16.1 Å². The second-order valence-corrected chi connectivity index (χ2v) is 11.4. The molecule has 0 aromatic carbocycles. The largest absolute Gasteiger partial charge is 0.338 e. The van der Waals surface area contributed by atoms with Gasteiger partial charge in [-0.25, -0.2) is 0 Å². The van der Waals surface area contributed by atoms with Gasteiger partial charge in [-0.3, -0.25) is 19.4 Å². The number of hydrogen-bond acceptors (Lipinski definition) is 5. The van der Waals surface area contributed by atoms with Crippen LogP contribution in [0.1, 0.15) is 98.8 Å². The number of fused-ring (bicyclic) bond motifs is 1. The molecule has 2 aliphatic carbocycles. The minimum Gasteiger partial charge on any atom is -0.338 e. The van der Waals surface area contributed by atoms with Crippen molar-refractivity contribution in [2.45, 2.75) is 96.6 Å². The Morgan fingerprint density at radius 3 is 2.49 bits per heavy atom. The Hall–Kier alpha value is -2.87. The summed E-state index contributed by atoms with van der Waals surface area (Å²) in [4.78, 5) is 44.5. The molecule has 4 rings (SSSR count). The van der Waals surface area contributed by atoms with E-state index in [0.29, 0.717) is 18.0 Å². The van der Waals surface area contributed by atoms with E-state index in [1.807, 2.05) is 4.57 Å². The molecule has 0 bridgehead atoms. The van der Waals surface area contributed by atoms with Crippen molar-refractivity contribution in [3.05, 3.63) is 63.3 Å². The molecule has 0 unspecified atom stereocenters. The van der Waals surface area contributed by atoms with Crippen molar-refractivity contribution < 1.29 is 9.59 Å². The molecular weight excluding hydrogens is 484 g/mol. The second-order valence-electron chi connectivity index (χ2n) is 11.0. The number of carbonyl (C=O) groups excluding carboxylic acids is 2. The van der Waals surface area contributed by atoms with Crippen LogP contribution < -0.4 is 16.2 Å². The second kappa shape index (κ2) is 12.1. The molecule has 2 aromatic rings. The van der Waals surface area contributed by atoms with Crippen LogP contribution in [0.5, 0.6) is 0 Å². The topological polar surface area (TPSA) is 93.1 Å². The number of pyridine rings is 2. The molecule has 2 amide bonds. The zero-order valence-corrected chi connectivity index (χ0v) is 22.8. The van der Waals surface area contributed by atoms with Gasteiger partial charge in [0, 0.05) is 30.2 Å². The standard InChI is InChI=1S/C29H38N4O3S/c1-29(2,28(36)31-26(37)22-14-10-16-30-18-22)32-25(34)23-17-21-13-8-3-4-9-15-24(21)33(27(23)35)19-20-11-6-5-7-12-20/h10,14,16-18,20H,3-9,11-13,15,19H2,1-2H3,(H,32,34)(H,31,36,37). The highest BCUT2D eigenvalue weighted by Gasteiger charge is 2.32. The molecule has 2 heterocycles. The number of amides is 2. The van der Waals surface area contributed by atoms with E-state index in [4.69, 9.17) is 12.2 Å². The molecule has 0 atom stereocenters. The number of hydrogen-bond donors (Lipinski definition) is 2. The summed E-state index contributed by atoms with van der Waals surface area (Å²) in [5.74, 6) is -0.516. The molecule has 8 heteroatoms. The fourth-order valence-electron chi connectivity index (χ4n) is 5.45. The molecule has 0 spiro atoms. The molecule has 1 saturated carbocycles. The third-order valence-electron chi connectivity index (χ3n) is 7.65. The summed E-state index contributed by atoms with van der Waals surface area (Å²) in [6.45, 7) is 3.89. The molecule has 0 aliphatic heterocycles. The summed E-state index contributed by atoms with van der Waals surface area (Å²) in [5.41, 5.74) is 1.40. The molecule has 2 aliphatic rings. The van der Waals surface area contributed by atoms with Crippen molar-refractivity contribution in [2.75, 3.05) is 0 Å². The van der Waals surface area contributed by atoms with Crippen LogP contribution in [0.25, 0.3) is 0 Å². The van der Waals surface area contributed by atoms with Crippen LogP contribution in [0.3, 0.4) is 0 Å². The smallest absolute Gasteiger partial charge is 0.263 e. The lowest BCUT2D eigenvalue weighted by Gasteiger charge is -2.28. The highest BCUT2D eigenvalue weighted by atomic mass is 32.1. The quantitative estimate of drug-likeness (QED) is 0.546. The van der Waals surface area contributed by atoms with E-state index in [1.165, 1.54) is 25.7 Å². The molecule has 7 nitrogen and oxygen atoms in total. The van der Waals surface area contributed by atoms with Gasteiger partial charge in [-0.05, 0) is 82.1 Å². The maximum absolute atomic E-state index is 13.7. The predicted molar refractivity (Wildman–Crippen MR) is 149 cm³/mol. The zero-order valence-electron chi connectivity index (χ0n) is 22.0. The Balaban J connectivity index is 1.58. The van der Waals surface area contributed by atoms with Gasteiger partial charge < -0.3 is 15.2 Å². The van der Waals surface area contributed by atoms with Crippen molar-refractivity contribution in [3.63, 3.8) is 0 Å². The van der Waals surface area contributed by atoms with Crippen molar-refractivity contribution >= 4 is 29.0 Å². The summed E-state index contributed by atoms with van der Waals surface area (Å²) in [6, 6.07) is 5.27. The summed E-state index contributed by atoms with van der Waals surface area (Å²) < 4.78 is 1.90. The van der Waals surface area contributed by atoms with Crippen LogP contribution >= 0.6 is 12.2 Å². The Morgan fingerprint density at radius 2 is 1.78 bits per heavy atom. The monoisotopic (exact) mass is 522 g/mol. The van der Waals surface area contributed by atoms with Gasteiger partial charge in [-0.2, -0.15) is 0 Å². The van der Waals surface area contributed by atoms with Crippen molar-refractivity contribution in [1.29, 1.82) is 0 Å². The van der Waals surface area contributed by atoms with Crippen molar-refractivity contribution in [3.8, 4) is 0 Å². The molecule has 198 valence electrons. The molecule has 0 saturated heterocycles. The van der Waals surface area contributed by atoms with Gasteiger partial charge in [0.1, 0.15) is 16.1 Å². The first-order chi connectivity index (χ1) is 17.8. The molecular formula is C29H38N4O3S. The van der Waals surface area contributed by atoms with Crippen LogP contribution in [0.15, 0.2) is 35.4 Å².